The molecule has 0 spiro atoms. The molecule has 1 unspecified atom stereocenters. The Kier molecular flexibility index (Phi) is 4.00. The summed E-state index contributed by atoms with van der Waals surface area (Å²) in [6, 6.07) is -0.498. The van der Waals surface area contributed by atoms with E-state index in [0.717, 1.165) is 32.4 Å². The molecule has 1 aliphatic heterocycles. The Hall–Kier alpha value is -1.15. The van der Waals surface area contributed by atoms with Crippen LogP contribution in [0.5, 0.6) is 0 Å². The van der Waals surface area contributed by atoms with E-state index in [-0.39, 0.29) is 41.4 Å². The van der Waals surface area contributed by atoms with Crippen LogP contribution in [0.15, 0.2) is 24.2 Å². The molecule has 20 heavy (non-hydrogen) atoms. The first-order valence-electron chi connectivity index (χ1n) is 9.74. The molecule has 0 bridgehead atoms. The van der Waals surface area contributed by atoms with E-state index >= 15 is 0 Å². The lowest BCUT2D eigenvalue weighted by Gasteiger charge is -2.28. The molecule has 1 heterocycles. The monoisotopic (exact) mass is 277 g/mol. The number of Topliss-reactive ketones (excluding diaryl/α,β-unsaturated/α-hetero) is 1. The summed E-state index contributed by atoms with van der Waals surface area (Å²) in [6.07, 6.45) is 4.76. The molecule has 0 amide bonds. The van der Waals surface area contributed by atoms with Gasteiger partial charge >= 0.3 is 0 Å². The van der Waals surface area contributed by atoms with Crippen molar-refractivity contribution in [2.75, 3.05) is 19.6 Å². The van der Waals surface area contributed by atoms with E-state index < -0.39 is 0 Å². The van der Waals surface area contributed by atoms with Gasteiger partial charge in [0.2, 0.25) is 0 Å². The third-order valence-corrected chi connectivity index (χ3v) is 3.85. The summed E-state index contributed by atoms with van der Waals surface area (Å²) in [5.74, 6) is -0.604. The Labute approximate surface area is 128 Å². The zero-order valence-corrected chi connectivity index (χ0v) is 12.6. The largest absolute Gasteiger partial charge is 0.303 e. The van der Waals surface area contributed by atoms with Crippen LogP contribution in [0.3, 0.4) is 0 Å². The van der Waals surface area contributed by atoms with Gasteiger partial charge in [0.15, 0.2) is 5.78 Å². The van der Waals surface area contributed by atoms with Crippen LogP contribution in [0.1, 0.15) is 60.9 Å². The molecular formula is C18H27NO. The maximum absolute atomic E-state index is 12.8. The molecule has 1 aliphatic rings. The summed E-state index contributed by atoms with van der Waals surface area (Å²) >= 11 is 0. The Morgan fingerprint density at radius 2 is 1.90 bits per heavy atom. The number of nitrogens with zero attached hydrogens (tertiary/aromatic N) is 1. The minimum Gasteiger partial charge on any atom is -0.303 e. The Balaban J connectivity index is 2.28. The van der Waals surface area contributed by atoms with E-state index in [0.29, 0.717) is 18.5 Å². The fraction of sp³-hybridized carbons (Fsp3) is 0.611. The zero-order valence-electron chi connectivity index (χ0n) is 16.6. The number of ketones is 1. The minimum atomic E-state index is -0.327. The van der Waals surface area contributed by atoms with Crippen molar-refractivity contribution >= 4 is 5.78 Å². The van der Waals surface area contributed by atoms with Crippen LogP contribution in [-0.2, 0) is 6.42 Å². The lowest BCUT2D eigenvalue weighted by Crippen LogP contribution is -2.35. The average Bonchev–Trinajstić information content (AvgIpc) is 2.58. The lowest BCUT2D eigenvalue weighted by molar-refractivity contribution is 0.0883. The second-order valence-corrected chi connectivity index (χ2v) is 5.73. The van der Waals surface area contributed by atoms with Crippen LogP contribution in [0.2, 0.25) is 0 Å². The van der Waals surface area contributed by atoms with Crippen LogP contribution >= 0.6 is 0 Å². The molecule has 1 aromatic carbocycles. The van der Waals surface area contributed by atoms with Gasteiger partial charge in [0.1, 0.15) is 0 Å². The molecule has 2 nitrogen and oxygen atoms in total. The van der Waals surface area contributed by atoms with E-state index in [4.69, 9.17) is 5.48 Å². The Morgan fingerprint density at radius 1 is 1.25 bits per heavy atom. The van der Waals surface area contributed by atoms with Gasteiger partial charge in [0.25, 0.3) is 0 Å². The summed E-state index contributed by atoms with van der Waals surface area (Å²) < 4.78 is 32.6. The Morgan fingerprint density at radius 3 is 2.50 bits per heavy atom. The van der Waals surface area contributed by atoms with Crippen LogP contribution < -0.4 is 0 Å². The Bertz CT molecular complexity index is 583. The molecule has 1 fully saturated rings. The van der Waals surface area contributed by atoms with Gasteiger partial charge in [-0.25, -0.2) is 0 Å². The van der Waals surface area contributed by atoms with Crippen LogP contribution in [-0.4, -0.2) is 30.3 Å². The first-order valence-corrected chi connectivity index (χ1v) is 7.74. The fourth-order valence-electron chi connectivity index (χ4n) is 2.70. The fourth-order valence-corrected chi connectivity index (χ4v) is 2.70. The number of rotatable bonds is 6. The topological polar surface area (TPSA) is 20.3 Å². The van der Waals surface area contributed by atoms with Crippen molar-refractivity contribution in [2.24, 2.45) is 5.92 Å². The standard InChI is InChI=1S/C18H27NO/c1-3-7-16-8-10-17(11-9-16)18(20)15(2)14-19-12-5-4-6-13-19/h8-11,15H,3-7,12-14H2,1-2H3/i8D,9D,10D,11D. The maximum atomic E-state index is 12.8. The molecule has 0 radical (unpaired) electrons. The van der Waals surface area contributed by atoms with E-state index in [1.807, 2.05) is 13.8 Å². The normalized spacial score (nSPS) is 20.7. The smallest absolute Gasteiger partial charge is 0.166 e. The lowest BCUT2D eigenvalue weighted by atomic mass is 9.96. The molecule has 0 aliphatic carbocycles. The minimum absolute atomic E-state index is 0.0469. The predicted octanol–water partition coefficient (Wildman–Crippen LogP) is 3.94. The van der Waals surface area contributed by atoms with E-state index in [1.165, 1.54) is 6.42 Å². The highest BCUT2D eigenvalue weighted by atomic mass is 16.1. The van der Waals surface area contributed by atoms with E-state index in [2.05, 4.69) is 4.90 Å². The molecule has 0 saturated carbocycles. The first kappa shape index (κ1) is 10.6. The number of hydrogen-bond acceptors (Lipinski definition) is 2. The second-order valence-electron chi connectivity index (χ2n) is 5.73. The third kappa shape index (κ3) is 4.17. The van der Waals surface area contributed by atoms with Crippen molar-refractivity contribution in [3.8, 4) is 0 Å². The van der Waals surface area contributed by atoms with Gasteiger partial charge in [-0.3, -0.25) is 4.79 Å². The first-order chi connectivity index (χ1) is 11.4. The number of likely N-dealkylation sites (tertiary alicyclic amines) is 1. The SMILES string of the molecule is [2H]c1c([2H])c(C(=O)C(C)CN2CCCCC2)c([2H])c([2H])c1CCC. The molecule has 1 atom stereocenters. The van der Waals surface area contributed by atoms with Gasteiger partial charge < -0.3 is 4.90 Å². The number of benzene rings is 1. The summed E-state index contributed by atoms with van der Waals surface area (Å²) in [4.78, 5) is 15.1. The highest BCUT2D eigenvalue weighted by Gasteiger charge is 2.19. The van der Waals surface area contributed by atoms with Gasteiger partial charge in [-0.15, -0.1) is 0 Å². The average molecular weight is 277 g/mol. The molecule has 0 aromatic heterocycles. The van der Waals surface area contributed by atoms with Crippen LogP contribution in [0.4, 0.5) is 0 Å². The number of hydrogen-bond donors (Lipinski definition) is 0. The van der Waals surface area contributed by atoms with Crippen molar-refractivity contribution < 1.29 is 10.3 Å². The van der Waals surface area contributed by atoms with Crippen molar-refractivity contribution in [2.45, 2.75) is 46.0 Å². The highest BCUT2D eigenvalue weighted by Crippen LogP contribution is 2.15. The summed E-state index contributed by atoms with van der Waals surface area (Å²) in [5.41, 5.74) is 0.363. The molecular weight excluding hydrogens is 246 g/mol. The number of carbonyl (C=O) groups excluding carboxylic acids is 1. The summed E-state index contributed by atoms with van der Waals surface area (Å²) in [7, 11) is 0. The zero-order chi connectivity index (χ0) is 17.9. The summed E-state index contributed by atoms with van der Waals surface area (Å²) in [6.45, 7) is 6.35. The molecule has 1 saturated heterocycles. The number of carbonyl (C=O) groups is 1. The maximum Gasteiger partial charge on any atom is 0.166 e. The second kappa shape index (κ2) is 7.58. The van der Waals surface area contributed by atoms with Gasteiger partial charge in [-0.05, 0) is 37.9 Å². The number of piperidine rings is 1. The van der Waals surface area contributed by atoms with Gasteiger partial charge in [-0.2, -0.15) is 0 Å². The van der Waals surface area contributed by atoms with Crippen molar-refractivity contribution in [1.82, 2.24) is 4.90 Å². The predicted molar refractivity (Wildman–Crippen MR) is 84.2 cm³/mol. The molecule has 2 heteroatoms. The molecule has 1 aromatic rings. The molecule has 110 valence electrons. The third-order valence-electron chi connectivity index (χ3n) is 3.85. The molecule has 2 rings (SSSR count). The quantitative estimate of drug-likeness (QED) is 0.734. The van der Waals surface area contributed by atoms with E-state index in [1.54, 1.807) is 0 Å². The van der Waals surface area contributed by atoms with Gasteiger partial charge in [0, 0.05) is 18.0 Å². The molecule has 0 N–H and O–H groups in total. The van der Waals surface area contributed by atoms with Crippen LogP contribution in [0.25, 0.3) is 0 Å². The van der Waals surface area contributed by atoms with Crippen LogP contribution in [0, 0.1) is 5.92 Å². The van der Waals surface area contributed by atoms with Crippen molar-refractivity contribution in [3.63, 3.8) is 0 Å². The van der Waals surface area contributed by atoms with Crippen molar-refractivity contribution in [1.29, 1.82) is 0 Å². The van der Waals surface area contributed by atoms with E-state index in [9.17, 15) is 4.79 Å². The highest BCUT2D eigenvalue weighted by molar-refractivity contribution is 5.97. The summed E-state index contributed by atoms with van der Waals surface area (Å²) in [5, 5.41) is 0. The van der Waals surface area contributed by atoms with Crippen molar-refractivity contribution in [3.05, 3.63) is 35.3 Å². The van der Waals surface area contributed by atoms with Gasteiger partial charge in [0.05, 0.1) is 5.48 Å². The van der Waals surface area contributed by atoms with Gasteiger partial charge in [-0.1, -0.05) is 50.9 Å².